The van der Waals surface area contributed by atoms with Crippen molar-refractivity contribution in [1.29, 1.82) is 0 Å². The van der Waals surface area contributed by atoms with Gasteiger partial charge in [0.2, 0.25) is 0 Å². The monoisotopic (exact) mass is 400 g/mol. The Bertz CT molecular complexity index is 1340. The lowest BCUT2D eigenvalue weighted by Crippen LogP contribution is -2.41. The van der Waals surface area contributed by atoms with Gasteiger partial charge in [0, 0.05) is 36.3 Å². The molecule has 8 heteroatoms. The zero-order valence-corrected chi connectivity index (χ0v) is 16.4. The van der Waals surface area contributed by atoms with Gasteiger partial charge in [0.05, 0.1) is 22.6 Å². The largest absolute Gasteiger partial charge is 0.465 e. The Morgan fingerprint density at radius 3 is 2.90 bits per heavy atom. The minimum absolute atomic E-state index is 0.239. The molecule has 1 amide bonds. The van der Waals surface area contributed by atoms with Gasteiger partial charge in [-0.15, -0.1) is 0 Å². The van der Waals surface area contributed by atoms with Crippen molar-refractivity contribution < 1.29 is 9.90 Å². The topological polar surface area (TPSA) is 110 Å². The number of likely N-dealkylation sites (N-methyl/N-ethyl adjacent to an activating group) is 1. The summed E-state index contributed by atoms with van der Waals surface area (Å²) in [6.07, 6.45) is 2.81. The second-order valence-corrected chi connectivity index (χ2v) is 7.56. The Kier molecular flexibility index (Phi) is 3.95. The number of amides is 1. The Labute approximate surface area is 172 Å². The highest BCUT2D eigenvalue weighted by molar-refractivity contribution is 6.06. The van der Waals surface area contributed by atoms with Crippen molar-refractivity contribution in [2.75, 3.05) is 12.8 Å². The number of nitrogens with two attached hydrogens (primary N) is 1. The molecule has 5 rings (SSSR count). The van der Waals surface area contributed by atoms with Crippen LogP contribution in [0, 0.1) is 0 Å². The summed E-state index contributed by atoms with van der Waals surface area (Å²) in [7, 11) is 1.58. The molecule has 0 fully saturated rings. The molecule has 1 aromatic carbocycles. The number of rotatable bonds is 2. The zero-order valence-electron chi connectivity index (χ0n) is 16.4. The standard InChI is InChI=1S/C22H20N6O2/c1-12-7-15(27(2)22(29)30)10-28-19(12)17(18-20(23)25-11-26-21(18)28)14-8-13-5-3-4-6-16(13)24-9-14/h3-6,8-9,11,15H,1,7,10H2,2H3,(H,29,30)(H2,23,25,26). The van der Waals surface area contributed by atoms with Crippen LogP contribution in [0.3, 0.4) is 0 Å². The Morgan fingerprint density at radius 1 is 1.30 bits per heavy atom. The van der Waals surface area contributed by atoms with Gasteiger partial charge >= 0.3 is 6.09 Å². The molecule has 1 aliphatic rings. The SMILES string of the molecule is C=C1CC(N(C)C(=O)O)Cn2c1c(-c1cnc3ccccc3c1)c1c(N)ncnc12. The number of hydrogen-bond acceptors (Lipinski definition) is 5. The number of carboxylic acid groups (broad SMARTS) is 1. The molecule has 150 valence electrons. The lowest BCUT2D eigenvalue weighted by molar-refractivity contribution is 0.133. The molecule has 1 unspecified atom stereocenters. The van der Waals surface area contributed by atoms with Crippen LogP contribution in [0.2, 0.25) is 0 Å². The van der Waals surface area contributed by atoms with Gasteiger partial charge in [-0.3, -0.25) is 4.98 Å². The molecular formula is C22H20N6O2. The van der Waals surface area contributed by atoms with Gasteiger partial charge in [-0.2, -0.15) is 0 Å². The summed E-state index contributed by atoms with van der Waals surface area (Å²) in [5, 5.41) is 11.2. The van der Waals surface area contributed by atoms with Crippen molar-refractivity contribution in [3.8, 4) is 11.1 Å². The lowest BCUT2D eigenvalue weighted by Gasteiger charge is -2.32. The van der Waals surface area contributed by atoms with Crippen molar-refractivity contribution in [1.82, 2.24) is 24.4 Å². The Balaban J connectivity index is 1.78. The van der Waals surface area contributed by atoms with Crippen molar-refractivity contribution >= 4 is 39.4 Å². The molecule has 8 nitrogen and oxygen atoms in total. The minimum atomic E-state index is -0.971. The fraction of sp³-hybridized carbons (Fsp3) is 0.182. The number of hydrogen-bond donors (Lipinski definition) is 2. The summed E-state index contributed by atoms with van der Waals surface area (Å²) in [4.78, 5) is 26.1. The van der Waals surface area contributed by atoms with Crippen LogP contribution in [0.5, 0.6) is 0 Å². The lowest BCUT2D eigenvalue weighted by atomic mass is 9.93. The van der Waals surface area contributed by atoms with E-state index in [9.17, 15) is 9.90 Å². The van der Waals surface area contributed by atoms with E-state index >= 15 is 0 Å². The van der Waals surface area contributed by atoms with Crippen LogP contribution < -0.4 is 5.73 Å². The normalized spacial score (nSPS) is 16.0. The number of para-hydroxylation sites is 1. The first-order chi connectivity index (χ1) is 14.5. The third-order valence-corrected chi connectivity index (χ3v) is 5.81. The minimum Gasteiger partial charge on any atom is -0.465 e. The summed E-state index contributed by atoms with van der Waals surface area (Å²) in [5.74, 6) is 0.376. The quantitative estimate of drug-likeness (QED) is 0.532. The highest BCUT2D eigenvalue weighted by Crippen LogP contribution is 2.43. The highest BCUT2D eigenvalue weighted by atomic mass is 16.4. The van der Waals surface area contributed by atoms with Gasteiger partial charge in [-0.25, -0.2) is 14.8 Å². The second kappa shape index (κ2) is 6.55. The Hall–Kier alpha value is -3.94. The molecule has 0 saturated heterocycles. The van der Waals surface area contributed by atoms with E-state index in [0.717, 1.165) is 38.7 Å². The first-order valence-electron chi connectivity index (χ1n) is 9.57. The van der Waals surface area contributed by atoms with E-state index < -0.39 is 6.09 Å². The van der Waals surface area contributed by atoms with E-state index in [1.54, 1.807) is 7.05 Å². The summed E-state index contributed by atoms with van der Waals surface area (Å²) in [5.41, 5.74) is 11.4. The van der Waals surface area contributed by atoms with E-state index in [0.29, 0.717) is 24.4 Å². The fourth-order valence-corrected chi connectivity index (χ4v) is 4.30. The first-order valence-corrected chi connectivity index (χ1v) is 9.57. The van der Waals surface area contributed by atoms with E-state index in [2.05, 4.69) is 27.6 Å². The van der Waals surface area contributed by atoms with Gasteiger partial charge in [0.1, 0.15) is 17.8 Å². The Morgan fingerprint density at radius 2 is 2.10 bits per heavy atom. The summed E-state index contributed by atoms with van der Waals surface area (Å²) >= 11 is 0. The molecule has 0 bridgehead atoms. The maximum atomic E-state index is 11.5. The van der Waals surface area contributed by atoms with Gasteiger partial charge in [0.25, 0.3) is 0 Å². The van der Waals surface area contributed by atoms with Crippen LogP contribution in [0.4, 0.5) is 10.6 Å². The first kappa shape index (κ1) is 18.1. The molecule has 4 heterocycles. The van der Waals surface area contributed by atoms with Gasteiger partial charge in [0.15, 0.2) is 0 Å². The number of nitrogens with zero attached hydrogens (tertiary/aromatic N) is 5. The number of carbonyl (C=O) groups is 1. The van der Waals surface area contributed by atoms with E-state index in [1.807, 2.05) is 35.0 Å². The van der Waals surface area contributed by atoms with Crippen LogP contribution >= 0.6 is 0 Å². The van der Waals surface area contributed by atoms with E-state index in [4.69, 9.17) is 5.73 Å². The van der Waals surface area contributed by atoms with Gasteiger partial charge < -0.3 is 20.3 Å². The number of nitrogen functional groups attached to an aromatic ring is 1. The van der Waals surface area contributed by atoms with E-state index in [1.165, 1.54) is 11.2 Å². The third-order valence-electron chi connectivity index (χ3n) is 5.81. The summed E-state index contributed by atoms with van der Waals surface area (Å²) in [6, 6.07) is 9.75. The van der Waals surface area contributed by atoms with Crippen molar-refractivity contribution in [3.05, 3.63) is 55.1 Å². The van der Waals surface area contributed by atoms with Crippen molar-refractivity contribution in [2.24, 2.45) is 0 Å². The van der Waals surface area contributed by atoms with Crippen LogP contribution in [-0.4, -0.2) is 48.7 Å². The molecule has 0 spiro atoms. The smallest absolute Gasteiger partial charge is 0.407 e. The van der Waals surface area contributed by atoms with Gasteiger partial charge in [-0.1, -0.05) is 24.8 Å². The molecular weight excluding hydrogens is 380 g/mol. The third kappa shape index (κ3) is 2.61. The average molecular weight is 400 g/mol. The summed E-state index contributed by atoms with van der Waals surface area (Å²) in [6.45, 7) is 4.73. The summed E-state index contributed by atoms with van der Waals surface area (Å²) < 4.78 is 2.01. The van der Waals surface area contributed by atoms with Crippen molar-refractivity contribution in [3.63, 3.8) is 0 Å². The fourth-order valence-electron chi connectivity index (χ4n) is 4.30. The average Bonchev–Trinajstić information content (AvgIpc) is 3.09. The molecule has 30 heavy (non-hydrogen) atoms. The zero-order chi connectivity index (χ0) is 21.0. The predicted octanol–water partition coefficient (Wildman–Crippen LogP) is 3.62. The predicted molar refractivity (Wildman–Crippen MR) is 116 cm³/mol. The molecule has 1 atom stereocenters. The molecule has 3 aromatic heterocycles. The number of fused-ring (bicyclic) bond motifs is 4. The number of pyridine rings is 1. The number of aromatic nitrogens is 4. The molecule has 1 aliphatic heterocycles. The van der Waals surface area contributed by atoms with Crippen LogP contribution in [0.1, 0.15) is 12.1 Å². The van der Waals surface area contributed by atoms with Crippen LogP contribution in [0.15, 0.2) is 49.4 Å². The second-order valence-electron chi connectivity index (χ2n) is 7.56. The van der Waals surface area contributed by atoms with E-state index in [-0.39, 0.29) is 6.04 Å². The molecule has 0 aliphatic carbocycles. The number of anilines is 1. The number of benzene rings is 1. The highest BCUT2D eigenvalue weighted by Gasteiger charge is 2.32. The molecule has 0 saturated carbocycles. The molecule has 0 radical (unpaired) electrons. The maximum absolute atomic E-state index is 11.5. The van der Waals surface area contributed by atoms with Gasteiger partial charge in [-0.05, 0) is 24.1 Å². The molecule has 3 N–H and O–H groups in total. The van der Waals surface area contributed by atoms with Crippen LogP contribution in [0.25, 0.3) is 38.6 Å². The maximum Gasteiger partial charge on any atom is 0.407 e. The van der Waals surface area contributed by atoms with Crippen LogP contribution in [-0.2, 0) is 6.54 Å². The molecule has 4 aromatic rings. The van der Waals surface area contributed by atoms with Crippen molar-refractivity contribution in [2.45, 2.75) is 19.0 Å².